The topological polar surface area (TPSA) is 52.7 Å². The second-order valence-electron chi connectivity index (χ2n) is 6.74. The van der Waals surface area contributed by atoms with Crippen LogP contribution in [0.4, 0.5) is 0 Å². The first-order valence-electron chi connectivity index (χ1n) is 8.01. The normalized spacial score (nSPS) is 40.1. The van der Waals surface area contributed by atoms with Crippen LogP contribution in [-0.4, -0.2) is 55.8 Å². The van der Waals surface area contributed by atoms with Gasteiger partial charge in [-0.25, -0.2) is 0 Å². The van der Waals surface area contributed by atoms with E-state index in [0.29, 0.717) is 37.4 Å². The Morgan fingerprint density at radius 3 is 2.75 bits per heavy atom. The molecule has 3 fully saturated rings. The number of hydrogen-bond acceptors (Lipinski definition) is 3. The molecule has 0 aromatic rings. The van der Waals surface area contributed by atoms with Gasteiger partial charge in [0.05, 0.1) is 0 Å². The molecule has 4 atom stereocenters. The second-order valence-corrected chi connectivity index (χ2v) is 8.62. The molecule has 4 unspecified atom stereocenters. The highest BCUT2D eigenvalue weighted by Gasteiger charge is 2.49. The Labute approximate surface area is 122 Å². The third-order valence-electron chi connectivity index (χ3n) is 5.33. The predicted molar refractivity (Wildman–Crippen MR) is 79.5 cm³/mol. The summed E-state index contributed by atoms with van der Waals surface area (Å²) in [5.74, 6) is 1.51. The Morgan fingerprint density at radius 2 is 2.05 bits per heavy atom. The van der Waals surface area contributed by atoms with E-state index >= 15 is 0 Å². The molecule has 3 heterocycles. The third-order valence-corrected chi connectivity index (χ3v) is 7.33. The van der Waals surface area contributed by atoms with E-state index in [1.54, 1.807) is 4.31 Å². The van der Waals surface area contributed by atoms with E-state index in [1.165, 1.54) is 0 Å². The monoisotopic (exact) mass is 301 g/mol. The zero-order chi connectivity index (χ0) is 14.3. The summed E-state index contributed by atoms with van der Waals surface area (Å²) in [4.78, 5) is 0. The predicted octanol–water partition coefficient (Wildman–Crippen LogP) is 0.893. The van der Waals surface area contributed by atoms with Crippen molar-refractivity contribution in [1.29, 1.82) is 0 Å². The summed E-state index contributed by atoms with van der Waals surface area (Å²) in [7, 11) is -3.26. The largest absolute Gasteiger partial charge is 0.316 e. The maximum atomic E-state index is 13.0. The van der Waals surface area contributed by atoms with Crippen molar-refractivity contribution in [2.24, 2.45) is 17.8 Å². The Bertz CT molecular complexity index is 453. The van der Waals surface area contributed by atoms with Crippen molar-refractivity contribution in [3.8, 4) is 0 Å². The van der Waals surface area contributed by atoms with Crippen LogP contribution in [0.15, 0.2) is 0 Å². The molecule has 6 heteroatoms. The molecule has 1 N–H and O–H groups in total. The van der Waals surface area contributed by atoms with Gasteiger partial charge in [0.15, 0.2) is 0 Å². The molecule has 0 radical (unpaired) electrons. The van der Waals surface area contributed by atoms with Gasteiger partial charge in [-0.05, 0) is 50.1 Å². The van der Waals surface area contributed by atoms with Gasteiger partial charge < -0.3 is 5.32 Å². The Hall–Kier alpha value is -0.170. The fourth-order valence-electron chi connectivity index (χ4n) is 4.26. The lowest BCUT2D eigenvalue weighted by molar-refractivity contribution is 0.244. The van der Waals surface area contributed by atoms with Crippen LogP contribution in [0.1, 0.15) is 33.1 Å². The molecule has 0 aromatic carbocycles. The van der Waals surface area contributed by atoms with Gasteiger partial charge in [-0.3, -0.25) is 0 Å². The molecule has 3 rings (SSSR count). The number of rotatable bonds is 3. The average Bonchev–Trinajstić information content (AvgIpc) is 2.98. The van der Waals surface area contributed by atoms with E-state index in [1.807, 2.05) is 4.31 Å². The van der Waals surface area contributed by atoms with Crippen molar-refractivity contribution in [3.63, 3.8) is 0 Å². The Kier molecular flexibility index (Phi) is 4.10. The number of fused-ring (bicyclic) bond motifs is 1. The van der Waals surface area contributed by atoms with Crippen molar-refractivity contribution in [3.05, 3.63) is 0 Å². The lowest BCUT2D eigenvalue weighted by Gasteiger charge is -2.35. The summed E-state index contributed by atoms with van der Waals surface area (Å²) >= 11 is 0. The smallest absolute Gasteiger partial charge is 0.282 e. The van der Waals surface area contributed by atoms with E-state index in [0.717, 1.165) is 32.4 Å². The first-order valence-corrected chi connectivity index (χ1v) is 9.41. The van der Waals surface area contributed by atoms with Crippen LogP contribution in [0.2, 0.25) is 0 Å². The molecular formula is C14H27N3O2S. The molecule has 20 heavy (non-hydrogen) atoms. The van der Waals surface area contributed by atoms with Gasteiger partial charge in [-0.15, -0.1) is 0 Å². The average molecular weight is 301 g/mol. The van der Waals surface area contributed by atoms with Crippen LogP contribution >= 0.6 is 0 Å². The fourth-order valence-corrected chi connectivity index (χ4v) is 6.39. The number of hydrogen-bond donors (Lipinski definition) is 1. The summed E-state index contributed by atoms with van der Waals surface area (Å²) in [5, 5.41) is 3.41. The van der Waals surface area contributed by atoms with Crippen LogP contribution in [0.3, 0.4) is 0 Å². The quantitative estimate of drug-likeness (QED) is 0.842. The zero-order valence-corrected chi connectivity index (χ0v) is 13.4. The highest BCUT2D eigenvalue weighted by atomic mass is 32.2. The first-order chi connectivity index (χ1) is 9.54. The van der Waals surface area contributed by atoms with E-state index < -0.39 is 10.2 Å². The van der Waals surface area contributed by atoms with Gasteiger partial charge in [-0.2, -0.15) is 17.0 Å². The van der Waals surface area contributed by atoms with Crippen molar-refractivity contribution < 1.29 is 8.42 Å². The fraction of sp³-hybridized carbons (Fsp3) is 1.00. The maximum absolute atomic E-state index is 13.0. The minimum atomic E-state index is -3.26. The molecule has 0 saturated carbocycles. The van der Waals surface area contributed by atoms with E-state index in [4.69, 9.17) is 0 Å². The zero-order valence-electron chi connectivity index (χ0n) is 12.6. The Balaban J connectivity index is 1.80. The first kappa shape index (κ1) is 14.8. The Morgan fingerprint density at radius 1 is 1.25 bits per heavy atom. The lowest BCUT2D eigenvalue weighted by Crippen LogP contribution is -2.50. The van der Waals surface area contributed by atoms with Crippen molar-refractivity contribution in [2.75, 3.05) is 32.7 Å². The summed E-state index contributed by atoms with van der Waals surface area (Å²) < 4.78 is 29.5. The molecule has 0 aromatic heterocycles. The highest BCUT2D eigenvalue weighted by molar-refractivity contribution is 7.86. The second kappa shape index (κ2) is 5.55. The lowest BCUT2D eigenvalue weighted by atomic mass is 9.93. The summed E-state index contributed by atoms with van der Waals surface area (Å²) in [6.07, 6.45) is 3.07. The van der Waals surface area contributed by atoms with Gasteiger partial charge >= 0.3 is 0 Å². The van der Waals surface area contributed by atoms with Crippen molar-refractivity contribution in [1.82, 2.24) is 13.9 Å². The number of piperidine rings is 1. The molecule has 3 aliphatic rings. The van der Waals surface area contributed by atoms with Gasteiger partial charge in [-0.1, -0.05) is 13.8 Å². The van der Waals surface area contributed by atoms with E-state index in [-0.39, 0.29) is 6.04 Å². The molecule has 0 bridgehead atoms. The van der Waals surface area contributed by atoms with Crippen LogP contribution in [0.5, 0.6) is 0 Å². The number of nitrogens with one attached hydrogen (secondary N) is 1. The van der Waals surface area contributed by atoms with Gasteiger partial charge in [0.1, 0.15) is 0 Å². The van der Waals surface area contributed by atoms with Crippen LogP contribution in [-0.2, 0) is 10.2 Å². The SMILES string of the molecule is CCC1C2CNCC2CN1S(=O)(=O)N1CCCC(C)C1. The number of nitrogens with zero attached hydrogens (tertiary/aromatic N) is 2. The standard InChI is InChI=1S/C14H27N3O2S/c1-3-14-13-8-15-7-12(13)10-17(14)20(18,19)16-6-4-5-11(2)9-16/h11-15H,3-10H2,1-2H3. The molecular weight excluding hydrogens is 274 g/mol. The maximum Gasteiger partial charge on any atom is 0.282 e. The molecule has 3 saturated heterocycles. The minimum absolute atomic E-state index is 0.192. The summed E-state index contributed by atoms with van der Waals surface area (Å²) in [6.45, 7) is 8.34. The van der Waals surface area contributed by atoms with Gasteiger partial charge in [0, 0.05) is 25.7 Å². The van der Waals surface area contributed by atoms with Crippen LogP contribution < -0.4 is 5.32 Å². The minimum Gasteiger partial charge on any atom is -0.316 e. The van der Waals surface area contributed by atoms with Crippen molar-refractivity contribution >= 4 is 10.2 Å². The molecule has 5 nitrogen and oxygen atoms in total. The van der Waals surface area contributed by atoms with Gasteiger partial charge in [0.25, 0.3) is 10.2 Å². The van der Waals surface area contributed by atoms with Crippen LogP contribution in [0.25, 0.3) is 0 Å². The van der Waals surface area contributed by atoms with Crippen molar-refractivity contribution in [2.45, 2.75) is 39.2 Å². The molecule has 116 valence electrons. The molecule has 0 aliphatic carbocycles. The molecule has 0 amide bonds. The van der Waals surface area contributed by atoms with Gasteiger partial charge in [0.2, 0.25) is 0 Å². The highest BCUT2D eigenvalue weighted by Crippen LogP contribution is 2.37. The summed E-state index contributed by atoms with van der Waals surface area (Å²) in [6, 6.07) is 0.192. The summed E-state index contributed by atoms with van der Waals surface area (Å²) in [5.41, 5.74) is 0. The van der Waals surface area contributed by atoms with Crippen LogP contribution in [0, 0.1) is 17.8 Å². The third kappa shape index (κ3) is 2.40. The van der Waals surface area contributed by atoms with E-state index in [2.05, 4.69) is 19.2 Å². The molecule has 3 aliphatic heterocycles. The molecule has 0 spiro atoms. The van der Waals surface area contributed by atoms with E-state index in [9.17, 15) is 8.42 Å².